The summed E-state index contributed by atoms with van der Waals surface area (Å²) >= 11 is 0. The van der Waals surface area contributed by atoms with Crippen LogP contribution in [0.25, 0.3) is 11.1 Å². The lowest BCUT2D eigenvalue weighted by atomic mass is 10.1. The van der Waals surface area contributed by atoms with Crippen LogP contribution in [-0.4, -0.2) is 9.78 Å². The molecular formula is C13H16N2. The SMILES string of the molecule is Cc1nn(C(C)C)cc1-c1ccccc1. The fraction of sp³-hybridized carbons (Fsp3) is 0.308. The van der Waals surface area contributed by atoms with Crippen molar-refractivity contribution in [1.29, 1.82) is 0 Å². The maximum absolute atomic E-state index is 4.50. The second-order valence-corrected chi connectivity index (χ2v) is 4.07. The molecule has 0 fully saturated rings. The van der Waals surface area contributed by atoms with Crippen LogP contribution in [0.3, 0.4) is 0 Å². The number of nitrogens with zero attached hydrogens (tertiary/aromatic N) is 2. The predicted molar refractivity (Wildman–Crippen MR) is 62.8 cm³/mol. The molecule has 0 spiro atoms. The Morgan fingerprint density at radius 1 is 1.13 bits per heavy atom. The highest BCUT2D eigenvalue weighted by atomic mass is 15.3. The second kappa shape index (κ2) is 3.89. The molecule has 2 nitrogen and oxygen atoms in total. The van der Waals surface area contributed by atoms with E-state index in [1.165, 1.54) is 11.1 Å². The van der Waals surface area contributed by atoms with E-state index in [1.54, 1.807) is 0 Å². The van der Waals surface area contributed by atoms with Crippen LogP contribution >= 0.6 is 0 Å². The Hall–Kier alpha value is -1.57. The molecule has 0 N–H and O–H groups in total. The van der Waals surface area contributed by atoms with Crippen LogP contribution in [-0.2, 0) is 0 Å². The first-order valence-electron chi connectivity index (χ1n) is 5.29. The predicted octanol–water partition coefficient (Wildman–Crippen LogP) is 3.44. The molecule has 2 rings (SSSR count). The van der Waals surface area contributed by atoms with Gasteiger partial charge in [0.1, 0.15) is 0 Å². The number of aromatic nitrogens is 2. The molecule has 0 aliphatic carbocycles. The molecule has 0 radical (unpaired) electrons. The summed E-state index contributed by atoms with van der Waals surface area (Å²) in [6.07, 6.45) is 2.12. The first-order valence-corrected chi connectivity index (χ1v) is 5.29. The van der Waals surface area contributed by atoms with Crippen LogP contribution in [0, 0.1) is 6.92 Å². The molecule has 0 aliphatic rings. The van der Waals surface area contributed by atoms with Crippen molar-refractivity contribution in [3.8, 4) is 11.1 Å². The summed E-state index contributed by atoms with van der Waals surface area (Å²) in [6.45, 7) is 6.34. The van der Waals surface area contributed by atoms with Gasteiger partial charge in [0.15, 0.2) is 0 Å². The van der Waals surface area contributed by atoms with Crippen molar-refractivity contribution in [3.63, 3.8) is 0 Å². The Morgan fingerprint density at radius 2 is 1.80 bits per heavy atom. The van der Waals surface area contributed by atoms with E-state index in [0.717, 1.165) is 5.69 Å². The van der Waals surface area contributed by atoms with E-state index in [4.69, 9.17) is 0 Å². The third-order valence-corrected chi connectivity index (χ3v) is 2.53. The van der Waals surface area contributed by atoms with Gasteiger partial charge in [0.2, 0.25) is 0 Å². The highest BCUT2D eigenvalue weighted by Crippen LogP contribution is 2.23. The van der Waals surface area contributed by atoms with Crippen LogP contribution in [0.4, 0.5) is 0 Å². The summed E-state index contributed by atoms with van der Waals surface area (Å²) in [5, 5.41) is 4.50. The van der Waals surface area contributed by atoms with Gasteiger partial charge in [-0.25, -0.2) is 0 Å². The van der Waals surface area contributed by atoms with Gasteiger partial charge in [0, 0.05) is 17.8 Å². The molecule has 2 aromatic rings. The van der Waals surface area contributed by atoms with Crippen molar-refractivity contribution in [2.75, 3.05) is 0 Å². The molecule has 1 aromatic carbocycles. The fourth-order valence-electron chi connectivity index (χ4n) is 1.65. The van der Waals surface area contributed by atoms with Crippen molar-refractivity contribution in [2.24, 2.45) is 0 Å². The average Bonchev–Trinajstić information content (AvgIpc) is 2.62. The van der Waals surface area contributed by atoms with Gasteiger partial charge < -0.3 is 0 Å². The fourth-order valence-corrected chi connectivity index (χ4v) is 1.65. The van der Waals surface area contributed by atoms with Gasteiger partial charge in [-0.15, -0.1) is 0 Å². The van der Waals surface area contributed by atoms with E-state index in [1.807, 2.05) is 10.7 Å². The number of hydrogen-bond acceptors (Lipinski definition) is 1. The number of benzene rings is 1. The Kier molecular flexibility index (Phi) is 2.58. The molecule has 0 saturated heterocycles. The van der Waals surface area contributed by atoms with E-state index in [2.05, 4.69) is 56.3 Å². The van der Waals surface area contributed by atoms with Crippen LogP contribution in [0.2, 0.25) is 0 Å². The van der Waals surface area contributed by atoms with Crippen LogP contribution < -0.4 is 0 Å². The topological polar surface area (TPSA) is 17.8 Å². The Labute approximate surface area is 90.6 Å². The third kappa shape index (κ3) is 1.94. The first-order chi connectivity index (χ1) is 7.18. The largest absolute Gasteiger partial charge is 0.269 e. The molecule has 1 aromatic heterocycles. The number of aryl methyl sites for hydroxylation is 1. The third-order valence-electron chi connectivity index (χ3n) is 2.53. The zero-order valence-electron chi connectivity index (χ0n) is 9.44. The molecule has 0 bridgehead atoms. The van der Waals surface area contributed by atoms with Crippen LogP contribution in [0.5, 0.6) is 0 Å². The number of rotatable bonds is 2. The van der Waals surface area contributed by atoms with E-state index in [0.29, 0.717) is 6.04 Å². The Bertz CT molecular complexity index is 441. The molecule has 0 amide bonds. The van der Waals surface area contributed by atoms with E-state index < -0.39 is 0 Å². The Morgan fingerprint density at radius 3 is 2.33 bits per heavy atom. The van der Waals surface area contributed by atoms with Gasteiger partial charge in [-0.3, -0.25) is 4.68 Å². The van der Waals surface area contributed by atoms with E-state index >= 15 is 0 Å². The van der Waals surface area contributed by atoms with Gasteiger partial charge >= 0.3 is 0 Å². The highest BCUT2D eigenvalue weighted by Gasteiger charge is 2.07. The van der Waals surface area contributed by atoms with Crippen molar-refractivity contribution in [1.82, 2.24) is 9.78 Å². The normalized spacial score (nSPS) is 10.9. The lowest BCUT2D eigenvalue weighted by Crippen LogP contribution is -2.00. The van der Waals surface area contributed by atoms with Crippen molar-refractivity contribution < 1.29 is 0 Å². The highest BCUT2D eigenvalue weighted by molar-refractivity contribution is 5.64. The quantitative estimate of drug-likeness (QED) is 0.726. The molecule has 0 saturated carbocycles. The van der Waals surface area contributed by atoms with Crippen molar-refractivity contribution in [3.05, 3.63) is 42.2 Å². The van der Waals surface area contributed by atoms with Crippen molar-refractivity contribution >= 4 is 0 Å². The zero-order valence-corrected chi connectivity index (χ0v) is 9.44. The van der Waals surface area contributed by atoms with Gasteiger partial charge in [0.05, 0.1) is 5.69 Å². The van der Waals surface area contributed by atoms with Gasteiger partial charge in [-0.1, -0.05) is 30.3 Å². The van der Waals surface area contributed by atoms with Crippen LogP contribution in [0.1, 0.15) is 25.6 Å². The molecule has 1 heterocycles. The summed E-state index contributed by atoms with van der Waals surface area (Å²) < 4.78 is 2.01. The lowest BCUT2D eigenvalue weighted by molar-refractivity contribution is 0.529. The first kappa shape index (κ1) is 9.97. The molecular weight excluding hydrogens is 184 g/mol. The Balaban J connectivity index is 2.45. The second-order valence-electron chi connectivity index (χ2n) is 4.07. The van der Waals surface area contributed by atoms with E-state index in [-0.39, 0.29) is 0 Å². The minimum atomic E-state index is 0.418. The van der Waals surface area contributed by atoms with Gasteiger partial charge in [-0.05, 0) is 26.3 Å². The summed E-state index contributed by atoms with van der Waals surface area (Å²) in [6, 6.07) is 10.8. The molecule has 2 heteroatoms. The monoisotopic (exact) mass is 200 g/mol. The average molecular weight is 200 g/mol. The number of hydrogen-bond donors (Lipinski definition) is 0. The van der Waals surface area contributed by atoms with Crippen molar-refractivity contribution in [2.45, 2.75) is 26.8 Å². The minimum absolute atomic E-state index is 0.418. The summed E-state index contributed by atoms with van der Waals surface area (Å²) in [5.74, 6) is 0. The summed E-state index contributed by atoms with van der Waals surface area (Å²) in [4.78, 5) is 0. The molecule has 0 unspecified atom stereocenters. The van der Waals surface area contributed by atoms with Gasteiger partial charge in [-0.2, -0.15) is 5.10 Å². The molecule has 0 aliphatic heterocycles. The standard InChI is InChI=1S/C13H16N2/c1-10(2)15-9-13(11(3)14-15)12-7-5-4-6-8-12/h4-10H,1-3H3. The molecule has 15 heavy (non-hydrogen) atoms. The maximum Gasteiger partial charge on any atom is 0.0672 e. The van der Waals surface area contributed by atoms with Crippen LogP contribution in [0.15, 0.2) is 36.5 Å². The van der Waals surface area contributed by atoms with E-state index in [9.17, 15) is 0 Å². The summed E-state index contributed by atoms with van der Waals surface area (Å²) in [5.41, 5.74) is 3.56. The lowest BCUT2D eigenvalue weighted by Gasteiger charge is -2.02. The maximum atomic E-state index is 4.50. The van der Waals surface area contributed by atoms with Gasteiger partial charge in [0.25, 0.3) is 0 Å². The molecule has 78 valence electrons. The minimum Gasteiger partial charge on any atom is -0.269 e. The zero-order chi connectivity index (χ0) is 10.8. The summed E-state index contributed by atoms with van der Waals surface area (Å²) in [7, 11) is 0. The smallest absolute Gasteiger partial charge is 0.0672 e. The molecule has 0 atom stereocenters.